The third kappa shape index (κ3) is 1.86. The van der Waals surface area contributed by atoms with E-state index in [1.165, 1.54) is 38.5 Å². The highest BCUT2D eigenvalue weighted by Gasteiger charge is 2.50. The summed E-state index contributed by atoms with van der Waals surface area (Å²) in [6, 6.07) is 7.90. The van der Waals surface area contributed by atoms with E-state index in [-0.39, 0.29) is 0 Å². The molecule has 0 unspecified atom stereocenters. The van der Waals surface area contributed by atoms with Crippen LogP contribution in [0.2, 0.25) is 0 Å². The lowest BCUT2D eigenvalue weighted by Gasteiger charge is -2.57. The SMILES string of the molecule is N#Cc1ccc(NC23CC4CC(CC(C4)C2)C3)cc1N. The summed E-state index contributed by atoms with van der Waals surface area (Å²) in [6.07, 6.45) is 8.32. The standard InChI is InChI=1S/C17H21N3/c18-10-14-1-2-15(6-16(14)19)20-17-7-11-3-12(8-17)5-13(4-11)9-17/h1-2,6,11-13,20H,3-5,7-9,19H2. The Hall–Kier alpha value is -1.69. The fourth-order valence-electron chi connectivity index (χ4n) is 5.31. The number of nitrogen functional groups attached to an aromatic ring is 1. The van der Waals surface area contributed by atoms with Gasteiger partial charge in [0, 0.05) is 11.2 Å². The second-order valence-corrected chi connectivity index (χ2v) is 7.24. The second-order valence-electron chi connectivity index (χ2n) is 7.24. The van der Waals surface area contributed by atoms with E-state index in [0.29, 0.717) is 16.8 Å². The first-order valence-electron chi connectivity index (χ1n) is 7.74. The van der Waals surface area contributed by atoms with Crippen LogP contribution >= 0.6 is 0 Å². The molecule has 0 heterocycles. The van der Waals surface area contributed by atoms with Crippen LogP contribution in [-0.2, 0) is 0 Å². The molecule has 4 aliphatic carbocycles. The smallest absolute Gasteiger partial charge is 0.101 e. The van der Waals surface area contributed by atoms with Crippen LogP contribution in [0.5, 0.6) is 0 Å². The van der Waals surface area contributed by atoms with Crippen molar-refractivity contribution in [1.29, 1.82) is 5.26 Å². The molecular weight excluding hydrogens is 246 g/mol. The van der Waals surface area contributed by atoms with Gasteiger partial charge in [0.05, 0.1) is 11.3 Å². The average molecular weight is 267 g/mol. The molecule has 3 N–H and O–H groups in total. The van der Waals surface area contributed by atoms with Gasteiger partial charge < -0.3 is 11.1 Å². The first-order chi connectivity index (χ1) is 9.66. The molecule has 0 saturated heterocycles. The highest BCUT2D eigenvalue weighted by molar-refractivity contribution is 5.63. The van der Waals surface area contributed by atoms with Gasteiger partial charge in [0.1, 0.15) is 6.07 Å². The van der Waals surface area contributed by atoms with Gasteiger partial charge in [0.2, 0.25) is 0 Å². The monoisotopic (exact) mass is 267 g/mol. The molecule has 0 atom stereocenters. The van der Waals surface area contributed by atoms with Crippen molar-refractivity contribution >= 4 is 11.4 Å². The topological polar surface area (TPSA) is 61.8 Å². The van der Waals surface area contributed by atoms with Crippen molar-refractivity contribution in [1.82, 2.24) is 0 Å². The molecule has 5 rings (SSSR count). The lowest BCUT2D eigenvalue weighted by molar-refractivity contribution is 0.0107. The van der Waals surface area contributed by atoms with E-state index in [9.17, 15) is 0 Å². The zero-order valence-electron chi connectivity index (χ0n) is 11.7. The Bertz CT molecular complexity index is 549. The minimum Gasteiger partial charge on any atom is -0.398 e. The summed E-state index contributed by atoms with van der Waals surface area (Å²) in [5.74, 6) is 2.80. The van der Waals surface area contributed by atoms with Crippen molar-refractivity contribution in [2.45, 2.75) is 44.1 Å². The van der Waals surface area contributed by atoms with Crippen LogP contribution in [0.4, 0.5) is 11.4 Å². The van der Waals surface area contributed by atoms with Crippen molar-refractivity contribution in [3.8, 4) is 6.07 Å². The molecule has 3 nitrogen and oxygen atoms in total. The Morgan fingerprint density at radius 1 is 1.10 bits per heavy atom. The van der Waals surface area contributed by atoms with Gasteiger partial charge in [-0.25, -0.2) is 0 Å². The van der Waals surface area contributed by atoms with E-state index in [0.717, 1.165) is 23.4 Å². The number of benzene rings is 1. The zero-order valence-corrected chi connectivity index (χ0v) is 11.7. The zero-order chi connectivity index (χ0) is 13.7. The molecule has 1 aromatic rings. The Kier molecular flexibility index (Phi) is 2.51. The molecule has 4 saturated carbocycles. The molecular formula is C17H21N3. The third-order valence-electron chi connectivity index (χ3n) is 5.62. The molecule has 3 heteroatoms. The van der Waals surface area contributed by atoms with Crippen LogP contribution in [0.15, 0.2) is 18.2 Å². The number of hydrogen-bond acceptors (Lipinski definition) is 3. The number of nitrogens with two attached hydrogens (primary N) is 1. The first kappa shape index (κ1) is 12.1. The fourth-order valence-corrected chi connectivity index (χ4v) is 5.31. The molecule has 0 spiro atoms. The van der Waals surface area contributed by atoms with E-state index in [4.69, 9.17) is 11.0 Å². The van der Waals surface area contributed by atoms with Gasteiger partial charge >= 0.3 is 0 Å². The number of nitrogens with one attached hydrogen (secondary N) is 1. The minimum absolute atomic E-state index is 0.301. The number of rotatable bonds is 2. The van der Waals surface area contributed by atoms with E-state index in [2.05, 4.69) is 11.4 Å². The lowest BCUT2D eigenvalue weighted by atomic mass is 9.53. The van der Waals surface area contributed by atoms with E-state index in [1.54, 1.807) is 0 Å². The molecule has 4 fully saturated rings. The highest BCUT2D eigenvalue weighted by Crippen LogP contribution is 2.56. The van der Waals surface area contributed by atoms with Gasteiger partial charge in [-0.2, -0.15) is 5.26 Å². The number of nitriles is 1. The summed E-state index contributed by atoms with van der Waals surface area (Å²) >= 11 is 0. The van der Waals surface area contributed by atoms with Crippen LogP contribution < -0.4 is 11.1 Å². The second kappa shape index (κ2) is 4.15. The lowest BCUT2D eigenvalue weighted by Crippen LogP contribution is -2.54. The minimum atomic E-state index is 0.301. The highest BCUT2D eigenvalue weighted by atomic mass is 15.0. The first-order valence-corrected chi connectivity index (χ1v) is 7.74. The normalized spacial score (nSPS) is 37.6. The molecule has 0 aromatic heterocycles. The number of hydrogen-bond donors (Lipinski definition) is 2. The molecule has 1 aromatic carbocycles. The Balaban J connectivity index is 1.60. The van der Waals surface area contributed by atoms with Crippen molar-refractivity contribution in [3.63, 3.8) is 0 Å². The van der Waals surface area contributed by atoms with Crippen LogP contribution in [0.25, 0.3) is 0 Å². The van der Waals surface area contributed by atoms with Gasteiger partial charge in [0.25, 0.3) is 0 Å². The largest absolute Gasteiger partial charge is 0.398 e. The predicted molar refractivity (Wildman–Crippen MR) is 80.1 cm³/mol. The summed E-state index contributed by atoms with van der Waals surface area (Å²) in [7, 11) is 0. The maximum atomic E-state index is 8.96. The summed E-state index contributed by atoms with van der Waals surface area (Å²) < 4.78 is 0. The molecule has 20 heavy (non-hydrogen) atoms. The molecule has 104 valence electrons. The summed E-state index contributed by atoms with van der Waals surface area (Å²) in [5, 5.41) is 12.8. The molecule has 4 bridgehead atoms. The maximum Gasteiger partial charge on any atom is 0.101 e. The summed E-state index contributed by atoms with van der Waals surface area (Å²) in [6.45, 7) is 0. The van der Waals surface area contributed by atoms with Crippen LogP contribution in [0.1, 0.15) is 44.1 Å². The van der Waals surface area contributed by atoms with Crippen molar-refractivity contribution < 1.29 is 0 Å². The fraction of sp³-hybridized carbons (Fsp3) is 0.588. The average Bonchev–Trinajstić information content (AvgIpc) is 2.36. The van der Waals surface area contributed by atoms with Gasteiger partial charge in [-0.3, -0.25) is 0 Å². The van der Waals surface area contributed by atoms with Gasteiger partial charge in [-0.05, 0) is 74.5 Å². The Morgan fingerprint density at radius 3 is 2.20 bits per heavy atom. The van der Waals surface area contributed by atoms with Crippen molar-refractivity contribution in [3.05, 3.63) is 23.8 Å². The van der Waals surface area contributed by atoms with Crippen molar-refractivity contribution in [2.75, 3.05) is 11.1 Å². The Labute approximate surface area is 120 Å². The van der Waals surface area contributed by atoms with Crippen LogP contribution in [-0.4, -0.2) is 5.54 Å². The summed E-state index contributed by atoms with van der Waals surface area (Å²) in [4.78, 5) is 0. The van der Waals surface area contributed by atoms with E-state index in [1.807, 2.05) is 18.2 Å². The molecule has 0 radical (unpaired) electrons. The molecule has 4 aliphatic rings. The Morgan fingerprint density at radius 2 is 1.70 bits per heavy atom. The summed E-state index contributed by atoms with van der Waals surface area (Å²) in [5.41, 5.74) is 8.48. The quantitative estimate of drug-likeness (QED) is 0.806. The van der Waals surface area contributed by atoms with Crippen LogP contribution in [0.3, 0.4) is 0 Å². The van der Waals surface area contributed by atoms with Gasteiger partial charge in [0.15, 0.2) is 0 Å². The maximum absolute atomic E-state index is 8.96. The van der Waals surface area contributed by atoms with Crippen LogP contribution in [0, 0.1) is 29.1 Å². The number of nitrogens with zero attached hydrogens (tertiary/aromatic N) is 1. The van der Waals surface area contributed by atoms with Crippen molar-refractivity contribution in [2.24, 2.45) is 17.8 Å². The predicted octanol–water partition coefficient (Wildman–Crippen LogP) is 3.52. The molecule has 0 amide bonds. The third-order valence-corrected chi connectivity index (χ3v) is 5.62. The van der Waals surface area contributed by atoms with Gasteiger partial charge in [-0.15, -0.1) is 0 Å². The van der Waals surface area contributed by atoms with E-state index < -0.39 is 0 Å². The molecule has 0 aliphatic heterocycles. The number of anilines is 2. The van der Waals surface area contributed by atoms with Gasteiger partial charge in [-0.1, -0.05) is 0 Å². The van der Waals surface area contributed by atoms with E-state index >= 15 is 0 Å².